The van der Waals surface area contributed by atoms with E-state index in [-0.39, 0.29) is 5.76 Å². The van der Waals surface area contributed by atoms with Crippen molar-refractivity contribution in [2.45, 2.75) is 31.4 Å². The zero-order valence-electron chi connectivity index (χ0n) is 15.6. The maximum Gasteiger partial charge on any atom is 0.287 e. The Morgan fingerprint density at radius 2 is 1.69 bits per heavy atom. The van der Waals surface area contributed by atoms with Crippen LogP contribution < -0.4 is 15.4 Å². The Labute approximate surface area is 164 Å². The van der Waals surface area contributed by atoms with E-state index in [0.717, 1.165) is 18.2 Å². The second kappa shape index (κ2) is 8.25. The van der Waals surface area contributed by atoms with Crippen molar-refractivity contribution in [3.8, 4) is 0 Å². The maximum atomic E-state index is 13.5. The normalized spacial score (nSPS) is 11.9. The largest absolute Gasteiger partial charge is 0.438 e. The van der Waals surface area contributed by atoms with Crippen molar-refractivity contribution in [3.63, 3.8) is 0 Å². The summed E-state index contributed by atoms with van der Waals surface area (Å²) in [6.07, 6.45) is 0. The minimum Gasteiger partial charge on any atom is -0.438 e. The number of rotatable bonds is 6. The summed E-state index contributed by atoms with van der Waals surface area (Å²) in [7, 11) is -4.00. The van der Waals surface area contributed by atoms with Gasteiger partial charge in [0.05, 0.1) is 12.2 Å². The molecule has 1 aromatic heterocycles. The number of carbonyl (C=O) groups excluding carboxylic acids is 2. The topological polar surface area (TPSA) is 118 Å². The molecule has 29 heavy (non-hydrogen) atoms. The first-order valence-electron chi connectivity index (χ1n) is 8.15. The number of carbonyl (C=O) groups is 2. The lowest BCUT2D eigenvalue weighted by Gasteiger charge is -2.18. The van der Waals surface area contributed by atoms with Gasteiger partial charge in [0.1, 0.15) is 0 Å². The molecule has 0 saturated heterocycles. The summed E-state index contributed by atoms with van der Waals surface area (Å²) in [6.45, 7) is 4.20. The zero-order chi connectivity index (χ0) is 22.0. The van der Waals surface area contributed by atoms with Crippen LogP contribution in [0.15, 0.2) is 33.8 Å². The van der Waals surface area contributed by atoms with Crippen molar-refractivity contribution in [1.29, 1.82) is 0 Å². The van der Waals surface area contributed by atoms with E-state index in [1.807, 2.05) is 5.32 Å². The number of sulfonamides is 1. The molecule has 8 nitrogen and oxygen atoms in total. The van der Waals surface area contributed by atoms with Gasteiger partial charge in [0.15, 0.2) is 23.2 Å². The van der Waals surface area contributed by atoms with Crippen molar-refractivity contribution in [2.24, 2.45) is 0 Å². The van der Waals surface area contributed by atoms with Crippen molar-refractivity contribution >= 4 is 27.5 Å². The summed E-state index contributed by atoms with van der Waals surface area (Å²) in [5, 5.41) is 3.60. The lowest BCUT2D eigenvalue weighted by molar-refractivity contribution is -0.115. The average molecular weight is 433 g/mol. The standard InChI is InChI=1S/C17H18F3N3O5S/c1-17(2,3)23-29(26,27)13-7-6-11(28-13)16(25)21-8-12(24)22-10-5-4-9(18)14(19)15(10)20/h4-7,23H,8H2,1-3H3,(H,21,25)(H,22,24). The van der Waals surface area contributed by atoms with Gasteiger partial charge in [-0.25, -0.2) is 26.3 Å². The molecule has 0 saturated carbocycles. The Balaban J connectivity index is 1.99. The molecule has 0 fully saturated rings. The lowest BCUT2D eigenvalue weighted by atomic mass is 10.1. The minimum atomic E-state index is -4.00. The molecule has 2 rings (SSSR count). The smallest absolute Gasteiger partial charge is 0.287 e. The Hall–Kier alpha value is -2.86. The van der Waals surface area contributed by atoms with Crippen LogP contribution in [0.4, 0.5) is 18.9 Å². The molecule has 2 aromatic rings. The Kier molecular flexibility index (Phi) is 6.38. The third kappa shape index (κ3) is 5.81. The molecule has 158 valence electrons. The molecule has 0 aliphatic heterocycles. The molecule has 1 aromatic carbocycles. The SMILES string of the molecule is CC(C)(C)NS(=O)(=O)c1ccc(C(=O)NCC(=O)Nc2ccc(F)c(F)c2F)o1. The van der Waals surface area contributed by atoms with Crippen LogP contribution in [0, 0.1) is 17.5 Å². The molecular formula is C17H18F3N3O5S. The lowest BCUT2D eigenvalue weighted by Crippen LogP contribution is -2.40. The Morgan fingerprint density at radius 3 is 2.31 bits per heavy atom. The molecule has 2 amide bonds. The summed E-state index contributed by atoms with van der Waals surface area (Å²) in [5.74, 6) is -6.98. The van der Waals surface area contributed by atoms with Gasteiger partial charge in [0.2, 0.25) is 11.0 Å². The van der Waals surface area contributed by atoms with Crippen molar-refractivity contribution in [1.82, 2.24) is 10.0 Å². The summed E-state index contributed by atoms with van der Waals surface area (Å²) < 4.78 is 71.2. The molecule has 3 N–H and O–H groups in total. The van der Waals surface area contributed by atoms with Gasteiger partial charge in [0.25, 0.3) is 15.9 Å². The quantitative estimate of drug-likeness (QED) is 0.604. The summed E-state index contributed by atoms with van der Waals surface area (Å²) in [4.78, 5) is 23.8. The number of amides is 2. The van der Waals surface area contributed by atoms with E-state index in [1.54, 1.807) is 20.8 Å². The van der Waals surface area contributed by atoms with Gasteiger partial charge in [-0.2, -0.15) is 0 Å². The highest BCUT2D eigenvalue weighted by Gasteiger charge is 2.26. The highest BCUT2D eigenvalue weighted by molar-refractivity contribution is 7.89. The third-order valence-corrected chi connectivity index (χ3v) is 4.86. The van der Waals surface area contributed by atoms with Crippen LogP contribution in [0.2, 0.25) is 0 Å². The molecule has 1 heterocycles. The molecule has 0 aliphatic carbocycles. The Morgan fingerprint density at radius 1 is 1.03 bits per heavy atom. The van der Waals surface area contributed by atoms with Crippen molar-refractivity contribution < 1.29 is 35.6 Å². The summed E-state index contributed by atoms with van der Waals surface area (Å²) >= 11 is 0. The van der Waals surface area contributed by atoms with Gasteiger partial charge >= 0.3 is 0 Å². The number of nitrogens with one attached hydrogen (secondary N) is 3. The van der Waals surface area contributed by atoms with Crippen LogP contribution in [-0.4, -0.2) is 32.3 Å². The number of halogens is 3. The molecule has 0 radical (unpaired) electrons. The van der Waals surface area contributed by atoms with Gasteiger partial charge in [-0.3, -0.25) is 9.59 Å². The molecule has 0 atom stereocenters. The van der Waals surface area contributed by atoms with Gasteiger partial charge in [-0.15, -0.1) is 0 Å². The predicted molar refractivity (Wildman–Crippen MR) is 96.1 cm³/mol. The van der Waals surface area contributed by atoms with E-state index in [0.29, 0.717) is 6.07 Å². The fourth-order valence-electron chi connectivity index (χ4n) is 2.10. The minimum absolute atomic E-state index is 0.383. The first kappa shape index (κ1) is 22.4. The molecular weight excluding hydrogens is 415 g/mol. The van der Waals surface area contributed by atoms with Crippen LogP contribution >= 0.6 is 0 Å². The van der Waals surface area contributed by atoms with Crippen LogP contribution in [0.3, 0.4) is 0 Å². The fourth-order valence-corrected chi connectivity index (χ4v) is 3.46. The van der Waals surface area contributed by atoms with Crippen LogP contribution in [0.5, 0.6) is 0 Å². The van der Waals surface area contributed by atoms with Gasteiger partial charge in [-0.1, -0.05) is 0 Å². The van der Waals surface area contributed by atoms with E-state index in [4.69, 9.17) is 4.42 Å². The van der Waals surface area contributed by atoms with Gasteiger partial charge in [-0.05, 0) is 45.0 Å². The van der Waals surface area contributed by atoms with Crippen LogP contribution in [0.25, 0.3) is 0 Å². The van der Waals surface area contributed by atoms with Gasteiger partial charge < -0.3 is 15.1 Å². The zero-order valence-corrected chi connectivity index (χ0v) is 16.4. The molecule has 0 bridgehead atoms. The van der Waals surface area contributed by atoms with E-state index < -0.39 is 62.2 Å². The number of benzene rings is 1. The van der Waals surface area contributed by atoms with Crippen molar-refractivity contribution in [2.75, 3.05) is 11.9 Å². The second-order valence-electron chi connectivity index (χ2n) is 6.93. The molecule has 0 unspecified atom stereocenters. The Bertz CT molecular complexity index is 1050. The second-order valence-corrected chi connectivity index (χ2v) is 8.54. The highest BCUT2D eigenvalue weighted by atomic mass is 32.2. The average Bonchev–Trinajstić information content (AvgIpc) is 3.09. The van der Waals surface area contributed by atoms with Crippen molar-refractivity contribution in [3.05, 3.63) is 47.5 Å². The van der Waals surface area contributed by atoms with E-state index in [9.17, 15) is 31.2 Å². The predicted octanol–water partition coefficient (Wildman–Crippen LogP) is 2.14. The first-order chi connectivity index (χ1) is 13.3. The fraction of sp³-hybridized carbons (Fsp3) is 0.294. The van der Waals surface area contributed by atoms with Crippen LogP contribution in [0.1, 0.15) is 31.3 Å². The summed E-state index contributed by atoms with van der Waals surface area (Å²) in [5.41, 5.74) is -1.39. The number of hydrogen-bond acceptors (Lipinski definition) is 5. The number of anilines is 1. The first-order valence-corrected chi connectivity index (χ1v) is 9.64. The van der Waals surface area contributed by atoms with Gasteiger partial charge in [0, 0.05) is 5.54 Å². The van der Waals surface area contributed by atoms with E-state index in [1.165, 1.54) is 0 Å². The number of furan rings is 1. The molecule has 0 aliphatic rings. The number of hydrogen-bond donors (Lipinski definition) is 3. The van der Waals surface area contributed by atoms with Crippen LogP contribution in [-0.2, 0) is 14.8 Å². The highest BCUT2D eigenvalue weighted by Crippen LogP contribution is 2.19. The maximum absolute atomic E-state index is 13.5. The molecule has 0 spiro atoms. The molecule has 12 heteroatoms. The van der Waals surface area contributed by atoms with E-state index in [2.05, 4.69) is 10.0 Å². The monoisotopic (exact) mass is 433 g/mol. The third-order valence-electron chi connectivity index (χ3n) is 3.23. The van der Waals surface area contributed by atoms with E-state index >= 15 is 0 Å². The summed E-state index contributed by atoms with van der Waals surface area (Å²) in [6, 6.07) is 3.61.